The molecule has 2 aromatic rings. The van der Waals surface area contributed by atoms with Crippen LogP contribution in [0.2, 0.25) is 0 Å². The molecule has 2 aromatic carbocycles. The van der Waals surface area contributed by atoms with E-state index in [2.05, 4.69) is 53.8 Å². The van der Waals surface area contributed by atoms with E-state index in [1.54, 1.807) is 0 Å². The van der Waals surface area contributed by atoms with E-state index in [-0.39, 0.29) is 12.1 Å². The normalized spacial score (nSPS) is 17.7. The van der Waals surface area contributed by atoms with Crippen molar-refractivity contribution in [1.82, 2.24) is 4.90 Å². The zero-order valence-electron chi connectivity index (χ0n) is 15.9. The number of hydrogen-bond donors (Lipinski definition) is 1. The van der Waals surface area contributed by atoms with Gasteiger partial charge in [0.2, 0.25) is 0 Å². The highest BCUT2D eigenvalue weighted by atomic mass is 16.6. The minimum absolute atomic E-state index is 0.219. The zero-order chi connectivity index (χ0) is 18.6. The van der Waals surface area contributed by atoms with Crippen molar-refractivity contribution in [2.45, 2.75) is 45.3 Å². The average Bonchev–Trinajstić information content (AvgIpc) is 2.62. The maximum atomic E-state index is 12.3. The third kappa shape index (κ3) is 5.01. The second kappa shape index (κ2) is 7.81. The Morgan fingerprint density at radius 1 is 1.04 bits per heavy atom. The lowest BCUT2D eigenvalue weighted by atomic mass is 10.0. The predicted octanol–water partition coefficient (Wildman–Crippen LogP) is 5.17. The number of anilines is 1. The topological polar surface area (TPSA) is 41.6 Å². The fourth-order valence-electron chi connectivity index (χ4n) is 3.21. The molecule has 0 bridgehead atoms. The number of carbonyl (C=O) groups is 1. The number of rotatable bonds is 3. The summed E-state index contributed by atoms with van der Waals surface area (Å²) in [7, 11) is 0. The lowest BCUT2D eigenvalue weighted by Gasteiger charge is -2.34. The van der Waals surface area contributed by atoms with Crippen LogP contribution in [0.3, 0.4) is 0 Å². The van der Waals surface area contributed by atoms with Gasteiger partial charge in [0.25, 0.3) is 0 Å². The molecule has 3 rings (SSSR count). The summed E-state index contributed by atoms with van der Waals surface area (Å²) < 4.78 is 5.50. The SMILES string of the molecule is CC(C)(C)OC(=O)N1CCC[C@H](Nc2ccc(-c3ccccc3)cc2)C1. The molecule has 1 aliphatic rings. The predicted molar refractivity (Wildman–Crippen MR) is 106 cm³/mol. The molecule has 0 spiro atoms. The van der Waals surface area contributed by atoms with Crippen molar-refractivity contribution < 1.29 is 9.53 Å². The number of carbonyl (C=O) groups excluding carboxylic acids is 1. The van der Waals surface area contributed by atoms with E-state index in [4.69, 9.17) is 4.74 Å². The van der Waals surface area contributed by atoms with Crippen molar-refractivity contribution in [2.75, 3.05) is 18.4 Å². The van der Waals surface area contributed by atoms with Crippen molar-refractivity contribution in [3.63, 3.8) is 0 Å². The highest BCUT2D eigenvalue weighted by Gasteiger charge is 2.27. The molecule has 1 amide bonds. The molecule has 26 heavy (non-hydrogen) atoms. The van der Waals surface area contributed by atoms with Gasteiger partial charge in [-0.05, 0) is 56.9 Å². The summed E-state index contributed by atoms with van der Waals surface area (Å²) in [5.74, 6) is 0. The summed E-state index contributed by atoms with van der Waals surface area (Å²) >= 11 is 0. The molecule has 0 radical (unpaired) electrons. The molecule has 4 nitrogen and oxygen atoms in total. The Kier molecular flexibility index (Phi) is 5.50. The number of likely N-dealkylation sites (tertiary alicyclic amines) is 1. The number of nitrogens with zero attached hydrogens (tertiary/aromatic N) is 1. The fourth-order valence-corrected chi connectivity index (χ4v) is 3.21. The van der Waals surface area contributed by atoms with Gasteiger partial charge in [0.05, 0.1) is 0 Å². The highest BCUT2D eigenvalue weighted by Crippen LogP contribution is 2.23. The second-order valence-electron chi connectivity index (χ2n) is 7.85. The van der Waals surface area contributed by atoms with Crippen molar-refractivity contribution in [3.05, 3.63) is 54.6 Å². The number of benzene rings is 2. The summed E-state index contributed by atoms with van der Waals surface area (Å²) in [5.41, 5.74) is 3.05. The molecule has 0 saturated carbocycles. The van der Waals surface area contributed by atoms with Gasteiger partial charge in [-0.15, -0.1) is 0 Å². The lowest BCUT2D eigenvalue weighted by Crippen LogP contribution is -2.46. The summed E-state index contributed by atoms with van der Waals surface area (Å²) in [5, 5.41) is 3.56. The van der Waals surface area contributed by atoms with Gasteiger partial charge < -0.3 is 15.0 Å². The summed E-state index contributed by atoms with van der Waals surface area (Å²) in [6.45, 7) is 7.14. The number of ether oxygens (including phenoxy) is 1. The lowest BCUT2D eigenvalue weighted by molar-refractivity contribution is 0.0206. The van der Waals surface area contributed by atoms with Crippen LogP contribution in [0.15, 0.2) is 54.6 Å². The summed E-state index contributed by atoms with van der Waals surface area (Å²) in [4.78, 5) is 14.1. The molecule has 0 unspecified atom stereocenters. The Labute approximate surface area is 156 Å². The van der Waals surface area contributed by atoms with E-state index < -0.39 is 5.60 Å². The van der Waals surface area contributed by atoms with Crippen LogP contribution in [0.1, 0.15) is 33.6 Å². The van der Waals surface area contributed by atoms with E-state index in [1.165, 1.54) is 11.1 Å². The third-order valence-electron chi connectivity index (χ3n) is 4.44. The van der Waals surface area contributed by atoms with Crippen molar-refractivity contribution in [1.29, 1.82) is 0 Å². The molecule has 0 aliphatic carbocycles. The first-order chi connectivity index (χ1) is 12.4. The number of amides is 1. The maximum absolute atomic E-state index is 12.3. The van der Waals surface area contributed by atoms with Crippen LogP contribution in [0.4, 0.5) is 10.5 Å². The van der Waals surface area contributed by atoms with Gasteiger partial charge in [-0.25, -0.2) is 4.79 Å². The Morgan fingerprint density at radius 2 is 1.69 bits per heavy atom. The number of nitrogens with one attached hydrogen (secondary N) is 1. The molecule has 1 saturated heterocycles. The van der Waals surface area contributed by atoms with E-state index in [0.717, 1.165) is 25.1 Å². The molecule has 4 heteroatoms. The van der Waals surface area contributed by atoms with Gasteiger partial charge in [0.15, 0.2) is 0 Å². The largest absolute Gasteiger partial charge is 0.444 e. The molecule has 0 aromatic heterocycles. The zero-order valence-corrected chi connectivity index (χ0v) is 15.9. The minimum atomic E-state index is -0.454. The first-order valence-electron chi connectivity index (χ1n) is 9.31. The van der Waals surface area contributed by atoms with Crippen LogP contribution in [0.5, 0.6) is 0 Å². The average molecular weight is 352 g/mol. The van der Waals surface area contributed by atoms with E-state index in [0.29, 0.717) is 6.54 Å². The third-order valence-corrected chi connectivity index (χ3v) is 4.44. The van der Waals surface area contributed by atoms with Crippen LogP contribution in [0, 0.1) is 0 Å². The van der Waals surface area contributed by atoms with Gasteiger partial charge in [-0.2, -0.15) is 0 Å². The Bertz CT molecular complexity index is 720. The highest BCUT2D eigenvalue weighted by molar-refractivity contribution is 5.69. The van der Waals surface area contributed by atoms with E-state index in [9.17, 15) is 4.79 Å². The smallest absolute Gasteiger partial charge is 0.410 e. The van der Waals surface area contributed by atoms with Gasteiger partial charge in [0.1, 0.15) is 5.60 Å². The number of piperidine rings is 1. The summed E-state index contributed by atoms with van der Waals surface area (Å²) in [6, 6.07) is 19.1. The quantitative estimate of drug-likeness (QED) is 0.829. The van der Waals surface area contributed by atoms with E-state index >= 15 is 0 Å². The van der Waals surface area contributed by atoms with Gasteiger partial charge in [-0.3, -0.25) is 0 Å². The molecule has 1 aliphatic heterocycles. The Balaban J connectivity index is 1.59. The van der Waals surface area contributed by atoms with Gasteiger partial charge >= 0.3 is 6.09 Å². The Hall–Kier alpha value is -2.49. The molecular formula is C22H28N2O2. The van der Waals surface area contributed by atoms with Gasteiger partial charge in [0, 0.05) is 24.8 Å². The molecule has 138 valence electrons. The monoisotopic (exact) mass is 352 g/mol. The van der Waals surface area contributed by atoms with Crippen molar-refractivity contribution in [3.8, 4) is 11.1 Å². The second-order valence-corrected chi connectivity index (χ2v) is 7.85. The number of hydrogen-bond acceptors (Lipinski definition) is 3. The molecule has 1 heterocycles. The maximum Gasteiger partial charge on any atom is 0.410 e. The standard InChI is InChI=1S/C22H28N2O2/c1-22(2,3)26-21(25)24-15-7-10-20(16-24)23-19-13-11-18(12-14-19)17-8-5-4-6-9-17/h4-6,8-9,11-14,20,23H,7,10,15-16H2,1-3H3/t20-/m0/s1. The first-order valence-corrected chi connectivity index (χ1v) is 9.31. The fraction of sp³-hybridized carbons (Fsp3) is 0.409. The van der Waals surface area contributed by atoms with E-state index in [1.807, 2.05) is 31.7 Å². The Morgan fingerprint density at radius 3 is 2.35 bits per heavy atom. The minimum Gasteiger partial charge on any atom is -0.444 e. The van der Waals surface area contributed by atoms with Crippen LogP contribution in [-0.4, -0.2) is 35.7 Å². The van der Waals surface area contributed by atoms with Crippen molar-refractivity contribution in [2.24, 2.45) is 0 Å². The van der Waals surface area contributed by atoms with Gasteiger partial charge in [-0.1, -0.05) is 42.5 Å². The molecule has 1 N–H and O–H groups in total. The molecule has 1 fully saturated rings. The van der Waals surface area contributed by atoms with Crippen LogP contribution in [0.25, 0.3) is 11.1 Å². The van der Waals surface area contributed by atoms with Crippen LogP contribution in [-0.2, 0) is 4.74 Å². The molecular weight excluding hydrogens is 324 g/mol. The van der Waals surface area contributed by atoms with Crippen LogP contribution >= 0.6 is 0 Å². The first kappa shape index (κ1) is 18.3. The summed E-state index contributed by atoms with van der Waals surface area (Å²) in [6.07, 6.45) is 1.82. The van der Waals surface area contributed by atoms with Crippen molar-refractivity contribution >= 4 is 11.8 Å². The molecule has 1 atom stereocenters. The van der Waals surface area contributed by atoms with Crippen LogP contribution < -0.4 is 5.32 Å².